The molecule has 0 spiro atoms. The molecule has 2 heterocycles. The Labute approximate surface area is 153 Å². The lowest BCUT2D eigenvalue weighted by Crippen LogP contribution is -2.48. The van der Waals surface area contributed by atoms with Crippen molar-refractivity contribution in [3.63, 3.8) is 0 Å². The van der Waals surface area contributed by atoms with E-state index in [0.29, 0.717) is 24.7 Å². The number of aromatic amines is 1. The van der Waals surface area contributed by atoms with Gasteiger partial charge in [-0.1, -0.05) is 18.2 Å². The summed E-state index contributed by atoms with van der Waals surface area (Å²) >= 11 is 0. The summed E-state index contributed by atoms with van der Waals surface area (Å²) in [5, 5.41) is 10.7. The minimum absolute atomic E-state index is 0. The number of nitrogens with one attached hydrogen (secondary N) is 2. The van der Waals surface area contributed by atoms with Crippen molar-refractivity contribution in [2.24, 2.45) is 0 Å². The van der Waals surface area contributed by atoms with Crippen LogP contribution < -0.4 is 10.1 Å². The first-order valence-corrected chi connectivity index (χ1v) is 8.48. The third kappa shape index (κ3) is 3.50. The Morgan fingerprint density at radius 1 is 1.32 bits per heavy atom. The van der Waals surface area contributed by atoms with Crippen LogP contribution in [0.4, 0.5) is 0 Å². The number of carbonyl (C=O) groups is 1. The van der Waals surface area contributed by atoms with Gasteiger partial charge in [0.1, 0.15) is 11.4 Å². The molecule has 1 saturated heterocycles. The van der Waals surface area contributed by atoms with Crippen molar-refractivity contribution in [2.75, 3.05) is 26.7 Å². The molecule has 6 nitrogen and oxygen atoms in total. The molecule has 1 atom stereocenters. The van der Waals surface area contributed by atoms with E-state index in [1.807, 2.05) is 35.2 Å². The van der Waals surface area contributed by atoms with Gasteiger partial charge in [0.2, 0.25) is 0 Å². The number of methoxy groups -OCH3 is 1. The van der Waals surface area contributed by atoms with Crippen LogP contribution in [-0.4, -0.2) is 47.7 Å². The largest absolute Gasteiger partial charge is 0.496 e. The number of amides is 1. The van der Waals surface area contributed by atoms with Crippen molar-refractivity contribution in [1.29, 1.82) is 0 Å². The van der Waals surface area contributed by atoms with Crippen LogP contribution in [-0.2, 0) is 0 Å². The van der Waals surface area contributed by atoms with Gasteiger partial charge < -0.3 is 15.0 Å². The standard InChI is InChI=1S/C18H22N4O2.ClH/c1-24-17-5-3-2-4-13(17)16-11-19-8-9-22(16)18(23)15-10-14(20-21-15)12-6-7-12;/h2-5,10,12,16,19H,6-9,11H2,1H3,(H,20,21);1H. The molecular weight excluding hydrogens is 340 g/mol. The molecule has 2 aliphatic rings. The maximum atomic E-state index is 13.0. The number of para-hydroxylation sites is 1. The first kappa shape index (κ1) is 17.8. The van der Waals surface area contributed by atoms with Gasteiger partial charge in [0.05, 0.1) is 13.2 Å². The minimum Gasteiger partial charge on any atom is -0.496 e. The Morgan fingerprint density at radius 3 is 2.88 bits per heavy atom. The van der Waals surface area contributed by atoms with Crippen molar-refractivity contribution in [3.05, 3.63) is 47.3 Å². The second kappa shape index (κ2) is 7.45. The zero-order chi connectivity index (χ0) is 16.5. The van der Waals surface area contributed by atoms with E-state index in [0.717, 1.165) is 23.6 Å². The number of rotatable bonds is 4. The molecule has 1 aromatic heterocycles. The van der Waals surface area contributed by atoms with Crippen molar-refractivity contribution >= 4 is 18.3 Å². The van der Waals surface area contributed by atoms with Gasteiger partial charge in [0.25, 0.3) is 5.91 Å². The number of ether oxygens (including phenoxy) is 1. The summed E-state index contributed by atoms with van der Waals surface area (Å²) < 4.78 is 5.49. The second-order valence-electron chi connectivity index (χ2n) is 6.44. The minimum atomic E-state index is -0.0523. The zero-order valence-corrected chi connectivity index (χ0v) is 15.0. The maximum Gasteiger partial charge on any atom is 0.274 e. The van der Waals surface area contributed by atoms with Crippen LogP contribution in [0.5, 0.6) is 5.75 Å². The Morgan fingerprint density at radius 2 is 2.12 bits per heavy atom. The molecule has 2 N–H and O–H groups in total. The van der Waals surface area contributed by atoms with E-state index in [9.17, 15) is 4.79 Å². The molecule has 134 valence electrons. The van der Waals surface area contributed by atoms with E-state index in [-0.39, 0.29) is 24.4 Å². The summed E-state index contributed by atoms with van der Waals surface area (Å²) in [7, 11) is 1.66. The maximum absolute atomic E-state index is 13.0. The van der Waals surface area contributed by atoms with Gasteiger partial charge in [-0.3, -0.25) is 9.89 Å². The van der Waals surface area contributed by atoms with Crippen LogP contribution in [0.1, 0.15) is 46.5 Å². The number of H-pyrrole nitrogens is 1. The third-order valence-electron chi connectivity index (χ3n) is 4.84. The van der Waals surface area contributed by atoms with Gasteiger partial charge in [0.15, 0.2) is 0 Å². The van der Waals surface area contributed by atoms with Gasteiger partial charge >= 0.3 is 0 Å². The molecule has 0 radical (unpaired) electrons. The van der Waals surface area contributed by atoms with Gasteiger partial charge in [-0.25, -0.2) is 0 Å². The highest BCUT2D eigenvalue weighted by atomic mass is 35.5. The molecule has 1 aliphatic heterocycles. The summed E-state index contributed by atoms with van der Waals surface area (Å²) in [4.78, 5) is 14.9. The fraction of sp³-hybridized carbons (Fsp3) is 0.444. The number of benzene rings is 1. The van der Waals surface area contributed by atoms with E-state index < -0.39 is 0 Å². The Kier molecular flexibility index (Phi) is 5.30. The highest BCUT2D eigenvalue weighted by molar-refractivity contribution is 5.93. The van der Waals surface area contributed by atoms with Crippen LogP contribution in [0.3, 0.4) is 0 Å². The average molecular weight is 363 g/mol. The molecule has 0 bridgehead atoms. The number of hydrogen-bond acceptors (Lipinski definition) is 4. The van der Waals surface area contributed by atoms with Crippen LogP contribution >= 0.6 is 12.4 Å². The van der Waals surface area contributed by atoms with Crippen molar-refractivity contribution in [2.45, 2.75) is 24.8 Å². The fourth-order valence-corrected chi connectivity index (χ4v) is 3.36. The first-order chi connectivity index (χ1) is 11.8. The molecule has 1 amide bonds. The van der Waals surface area contributed by atoms with Gasteiger partial charge in [0, 0.05) is 36.8 Å². The SMILES string of the molecule is COc1ccccc1C1CNCCN1C(=O)c1cc(C2CC2)[nH]n1.Cl. The molecule has 7 heteroatoms. The predicted molar refractivity (Wildman–Crippen MR) is 97.5 cm³/mol. The normalized spacial score (nSPS) is 20.0. The molecule has 4 rings (SSSR count). The lowest BCUT2D eigenvalue weighted by Gasteiger charge is -2.36. The molecule has 2 fully saturated rings. The van der Waals surface area contributed by atoms with Crippen LogP contribution in [0.25, 0.3) is 0 Å². The summed E-state index contributed by atoms with van der Waals surface area (Å²) in [6.45, 7) is 2.16. The average Bonchev–Trinajstić information content (AvgIpc) is 3.38. The Bertz CT molecular complexity index is 744. The molecule has 25 heavy (non-hydrogen) atoms. The highest BCUT2D eigenvalue weighted by Gasteiger charge is 2.33. The van der Waals surface area contributed by atoms with E-state index in [2.05, 4.69) is 15.5 Å². The monoisotopic (exact) mass is 362 g/mol. The van der Waals surface area contributed by atoms with Gasteiger partial charge in [-0.15, -0.1) is 12.4 Å². The summed E-state index contributed by atoms with van der Waals surface area (Å²) in [5.41, 5.74) is 2.62. The van der Waals surface area contributed by atoms with E-state index >= 15 is 0 Å². The molecule has 1 aliphatic carbocycles. The van der Waals surface area contributed by atoms with Crippen molar-refractivity contribution < 1.29 is 9.53 Å². The molecule has 1 aromatic carbocycles. The quantitative estimate of drug-likeness (QED) is 0.876. The molecule has 1 unspecified atom stereocenters. The van der Waals surface area contributed by atoms with Crippen molar-refractivity contribution in [3.8, 4) is 5.75 Å². The van der Waals surface area contributed by atoms with Gasteiger partial charge in [-0.05, 0) is 25.0 Å². The van der Waals surface area contributed by atoms with Crippen LogP contribution in [0, 0.1) is 0 Å². The fourth-order valence-electron chi connectivity index (χ4n) is 3.36. The molecule has 2 aromatic rings. The number of nitrogens with zero attached hydrogens (tertiary/aromatic N) is 2. The van der Waals surface area contributed by atoms with Crippen LogP contribution in [0.2, 0.25) is 0 Å². The summed E-state index contributed by atoms with van der Waals surface area (Å²) in [6.07, 6.45) is 2.38. The third-order valence-corrected chi connectivity index (χ3v) is 4.84. The summed E-state index contributed by atoms with van der Waals surface area (Å²) in [6, 6.07) is 9.75. The van der Waals surface area contributed by atoms with E-state index in [1.165, 1.54) is 12.8 Å². The topological polar surface area (TPSA) is 70.2 Å². The lowest BCUT2D eigenvalue weighted by molar-refractivity contribution is 0.0625. The van der Waals surface area contributed by atoms with E-state index in [4.69, 9.17) is 4.74 Å². The lowest BCUT2D eigenvalue weighted by atomic mass is 10.0. The smallest absolute Gasteiger partial charge is 0.274 e. The number of aromatic nitrogens is 2. The highest BCUT2D eigenvalue weighted by Crippen LogP contribution is 2.39. The molecule has 1 saturated carbocycles. The Hall–Kier alpha value is -2.05. The summed E-state index contributed by atoms with van der Waals surface area (Å²) in [5.74, 6) is 1.35. The number of carbonyl (C=O) groups excluding carboxylic acids is 1. The second-order valence-corrected chi connectivity index (χ2v) is 6.44. The predicted octanol–water partition coefficient (Wildman–Crippen LogP) is 2.50. The first-order valence-electron chi connectivity index (χ1n) is 8.48. The van der Waals surface area contributed by atoms with Gasteiger partial charge in [-0.2, -0.15) is 5.10 Å². The van der Waals surface area contributed by atoms with Crippen molar-refractivity contribution in [1.82, 2.24) is 20.4 Å². The zero-order valence-electron chi connectivity index (χ0n) is 14.2. The number of piperazine rings is 1. The Balaban J connectivity index is 0.00000182. The number of halogens is 1. The molecular formula is C18H23ClN4O2. The van der Waals surface area contributed by atoms with Crippen LogP contribution in [0.15, 0.2) is 30.3 Å². The van der Waals surface area contributed by atoms with E-state index in [1.54, 1.807) is 7.11 Å². The number of hydrogen-bond donors (Lipinski definition) is 2.